The number of nitrogens with two attached hydrogens (primary N) is 1. The van der Waals surface area contributed by atoms with Crippen LogP contribution >= 0.6 is 0 Å². The predicted octanol–water partition coefficient (Wildman–Crippen LogP) is 4.19. The number of nitrogens with one attached hydrogen (secondary N) is 1. The van der Waals surface area contributed by atoms with Crippen molar-refractivity contribution in [1.29, 1.82) is 0 Å². The van der Waals surface area contributed by atoms with E-state index in [1.54, 1.807) is 53.3 Å². The summed E-state index contributed by atoms with van der Waals surface area (Å²) in [6.07, 6.45) is 1.66. The lowest BCUT2D eigenvalue weighted by Crippen LogP contribution is -2.23. The molecule has 8 nitrogen and oxygen atoms in total. The maximum Gasteiger partial charge on any atom is 0.184 e. The van der Waals surface area contributed by atoms with Gasteiger partial charge < -0.3 is 16.0 Å². The standard InChI is InChI=1S/C25H20F2N8/c26-18-9-3-1-6-15(18)12-34-14-30-24-21(34)22(28)31-23(32-24)20-17-8-5-11-29-25(17)35(33-20)13-16-7-2-4-10-19(16)27/h1-11H,12-14H2,(H3,28,30,31,32). The van der Waals surface area contributed by atoms with Crippen LogP contribution in [0.25, 0.3) is 22.6 Å². The van der Waals surface area contributed by atoms with E-state index in [4.69, 9.17) is 5.73 Å². The number of hydrogen-bond donors (Lipinski definition) is 2. The van der Waals surface area contributed by atoms with E-state index in [1.165, 1.54) is 12.1 Å². The molecule has 0 fully saturated rings. The third-order valence-electron chi connectivity index (χ3n) is 5.98. The van der Waals surface area contributed by atoms with Gasteiger partial charge in [-0.15, -0.1) is 0 Å². The van der Waals surface area contributed by atoms with Crippen molar-refractivity contribution >= 4 is 28.4 Å². The van der Waals surface area contributed by atoms with Crippen molar-refractivity contribution in [3.8, 4) is 11.5 Å². The zero-order valence-electron chi connectivity index (χ0n) is 18.5. The summed E-state index contributed by atoms with van der Waals surface area (Å²) in [5.41, 5.74) is 9.10. The van der Waals surface area contributed by atoms with Gasteiger partial charge in [0.25, 0.3) is 0 Å². The average molecular weight is 470 g/mol. The highest BCUT2D eigenvalue weighted by atomic mass is 19.1. The molecule has 10 heteroatoms. The highest BCUT2D eigenvalue weighted by Crippen LogP contribution is 2.38. The Bertz CT molecular complexity index is 1560. The lowest BCUT2D eigenvalue weighted by atomic mass is 10.2. The van der Waals surface area contributed by atoms with E-state index in [0.717, 1.165) is 5.39 Å². The third kappa shape index (κ3) is 3.68. The van der Waals surface area contributed by atoms with Crippen LogP contribution in [0.3, 0.4) is 0 Å². The molecule has 4 heterocycles. The molecule has 0 radical (unpaired) electrons. The molecule has 35 heavy (non-hydrogen) atoms. The number of fused-ring (bicyclic) bond motifs is 2. The molecule has 0 amide bonds. The Morgan fingerprint density at radius 1 is 0.886 bits per heavy atom. The summed E-state index contributed by atoms with van der Waals surface area (Å²) in [4.78, 5) is 15.5. The van der Waals surface area contributed by atoms with Crippen molar-refractivity contribution in [2.75, 3.05) is 22.6 Å². The fourth-order valence-corrected chi connectivity index (χ4v) is 4.30. The van der Waals surface area contributed by atoms with E-state index in [9.17, 15) is 8.78 Å². The van der Waals surface area contributed by atoms with E-state index in [1.807, 2.05) is 11.0 Å². The Morgan fingerprint density at radius 3 is 2.34 bits per heavy atom. The van der Waals surface area contributed by atoms with Crippen molar-refractivity contribution in [1.82, 2.24) is 24.7 Å². The van der Waals surface area contributed by atoms with Gasteiger partial charge in [-0.05, 0) is 24.3 Å². The first kappa shape index (κ1) is 21.0. The number of anilines is 3. The van der Waals surface area contributed by atoms with Gasteiger partial charge in [0, 0.05) is 23.9 Å². The van der Waals surface area contributed by atoms with Crippen molar-refractivity contribution in [3.63, 3.8) is 0 Å². The summed E-state index contributed by atoms with van der Waals surface area (Å²) < 4.78 is 30.1. The first-order chi connectivity index (χ1) is 17.1. The molecular formula is C25H20F2N8. The van der Waals surface area contributed by atoms with E-state index < -0.39 is 0 Å². The predicted molar refractivity (Wildman–Crippen MR) is 130 cm³/mol. The quantitative estimate of drug-likeness (QED) is 0.398. The SMILES string of the molecule is Nc1nc(-c2nn(Cc3ccccc3F)c3ncccc23)nc2c1N(Cc1ccccc1F)CN2. The second kappa shape index (κ2) is 8.32. The Labute approximate surface area is 199 Å². The number of rotatable bonds is 5. The summed E-state index contributed by atoms with van der Waals surface area (Å²) in [7, 11) is 0. The second-order valence-corrected chi connectivity index (χ2v) is 8.23. The topological polar surface area (TPSA) is 97.8 Å². The molecule has 0 atom stereocenters. The zero-order valence-corrected chi connectivity index (χ0v) is 18.5. The summed E-state index contributed by atoms with van der Waals surface area (Å²) in [5.74, 6) is 0.533. The normalized spacial score (nSPS) is 12.7. The molecule has 3 N–H and O–H groups in total. The van der Waals surface area contributed by atoms with E-state index >= 15 is 0 Å². The maximum atomic E-state index is 14.3. The van der Waals surface area contributed by atoms with Crippen molar-refractivity contribution in [3.05, 3.63) is 89.6 Å². The van der Waals surface area contributed by atoms with Crippen LogP contribution in [0.2, 0.25) is 0 Å². The lowest BCUT2D eigenvalue weighted by molar-refractivity contribution is 0.589. The van der Waals surface area contributed by atoms with Gasteiger partial charge in [-0.2, -0.15) is 5.10 Å². The van der Waals surface area contributed by atoms with Gasteiger partial charge in [-0.1, -0.05) is 36.4 Å². The van der Waals surface area contributed by atoms with Crippen LogP contribution in [0, 0.1) is 11.6 Å². The zero-order chi connectivity index (χ0) is 23.9. The Balaban J connectivity index is 1.39. The van der Waals surface area contributed by atoms with Gasteiger partial charge >= 0.3 is 0 Å². The molecule has 2 aromatic carbocycles. The van der Waals surface area contributed by atoms with Gasteiger partial charge in [-0.25, -0.2) is 28.4 Å². The number of benzene rings is 2. The van der Waals surface area contributed by atoms with Crippen molar-refractivity contribution < 1.29 is 8.78 Å². The summed E-state index contributed by atoms with van der Waals surface area (Å²) >= 11 is 0. The minimum atomic E-state index is -0.314. The molecule has 174 valence electrons. The van der Waals surface area contributed by atoms with Crippen LogP contribution in [0.15, 0.2) is 66.9 Å². The minimum Gasteiger partial charge on any atom is -0.382 e. The van der Waals surface area contributed by atoms with Crippen LogP contribution in [-0.2, 0) is 13.1 Å². The first-order valence-corrected chi connectivity index (χ1v) is 11.0. The van der Waals surface area contributed by atoms with Gasteiger partial charge in [-0.3, -0.25) is 0 Å². The Morgan fingerprint density at radius 2 is 1.60 bits per heavy atom. The summed E-state index contributed by atoms with van der Waals surface area (Å²) in [5, 5.41) is 8.62. The number of nitrogens with zero attached hydrogens (tertiary/aromatic N) is 6. The second-order valence-electron chi connectivity index (χ2n) is 8.23. The highest BCUT2D eigenvalue weighted by Gasteiger charge is 2.27. The van der Waals surface area contributed by atoms with Gasteiger partial charge in [0.05, 0.1) is 18.6 Å². The highest BCUT2D eigenvalue weighted by molar-refractivity contribution is 5.91. The third-order valence-corrected chi connectivity index (χ3v) is 5.98. The van der Waals surface area contributed by atoms with Crippen LogP contribution in [0.4, 0.5) is 26.1 Å². The Kier molecular flexibility index (Phi) is 4.98. The molecule has 0 spiro atoms. The van der Waals surface area contributed by atoms with Crippen LogP contribution in [-0.4, -0.2) is 31.4 Å². The molecule has 1 aliphatic heterocycles. The number of halogens is 2. The van der Waals surface area contributed by atoms with Gasteiger partial charge in [0.2, 0.25) is 0 Å². The van der Waals surface area contributed by atoms with E-state index in [2.05, 4.69) is 25.4 Å². The lowest BCUT2D eigenvalue weighted by Gasteiger charge is -2.19. The van der Waals surface area contributed by atoms with Gasteiger partial charge in [0.15, 0.2) is 23.1 Å². The monoisotopic (exact) mass is 470 g/mol. The number of pyridine rings is 1. The number of aromatic nitrogens is 5. The van der Waals surface area contributed by atoms with Gasteiger partial charge in [0.1, 0.15) is 23.0 Å². The summed E-state index contributed by atoms with van der Waals surface area (Å²) in [6.45, 7) is 0.939. The average Bonchev–Trinajstić information content (AvgIpc) is 3.44. The molecule has 6 rings (SSSR count). The van der Waals surface area contributed by atoms with E-state index in [-0.39, 0.29) is 24.0 Å². The summed E-state index contributed by atoms with van der Waals surface area (Å²) in [6, 6.07) is 16.8. The smallest absolute Gasteiger partial charge is 0.184 e. The van der Waals surface area contributed by atoms with Crippen LogP contribution < -0.4 is 16.0 Å². The molecule has 3 aromatic heterocycles. The van der Waals surface area contributed by atoms with Crippen molar-refractivity contribution in [2.24, 2.45) is 0 Å². The minimum absolute atomic E-state index is 0.204. The number of hydrogen-bond acceptors (Lipinski definition) is 7. The van der Waals surface area contributed by atoms with Crippen molar-refractivity contribution in [2.45, 2.75) is 13.1 Å². The molecule has 0 aliphatic carbocycles. The Hall–Kier alpha value is -4.60. The van der Waals surface area contributed by atoms with Crippen LogP contribution in [0.1, 0.15) is 11.1 Å². The number of nitrogen functional groups attached to an aromatic ring is 1. The largest absolute Gasteiger partial charge is 0.382 e. The molecular weight excluding hydrogens is 450 g/mol. The molecule has 0 saturated heterocycles. The van der Waals surface area contributed by atoms with E-state index in [0.29, 0.717) is 53.0 Å². The van der Waals surface area contributed by atoms with Crippen LogP contribution in [0.5, 0.6) is 0 Å². The molecule has 5 aromatic rings. The molecule has 0 bridgehead atoms. The molecule has 1 aliphatic rings. The first-order valence-electron chi connectivity index (χ1n) is 11.0. The fraction of sp³-hybridized carbons (Fsp3) is 0.120. The molecule has 0 unspecified atom stereocenters. The fourth-order valence-electron chi connectivity index (χ4n) is 4.30. The maximum absolute atomic E-state index is 14.3. The molecule has 0 saturated carbocycles.